The van der Waals surface area contributed by atoms with E-state index in [1.54, 1.807) is 30.1 Å². The normalized spacial score (nSPS) is 11.4. The minimum Gasteiger partial charge on any atom is -0.341 e. The number of benzene rings is 1. The Balaban J connectivity index is 2.87. The van der Waals surface area contributed by atoms with E-state index >= 15 is 0 Å². The van der Waals surface area contributed by atoms with Crippen molar-refractivity contribution in [3.63, 3.8) is 0 Å². The molecule has 0 aromatic heterocycles. The third kappa shape index (κ3) is 4.16. The van der Waals surface area contributed by atoms with Gasteiger partial charge in [0.15, 0.2) is 0 Å². The largest absolute Gasteiger partial charge is 0.341 e. The number of hydrogen-bond donors (Lipinski definition) is 1. The fraction of sp³-hybridized carbons (Fsp3) is 0.462. The summed E-state index contributed by atoms with van der Waals surface area (Å²) in [6, 6.07) is 4.83. The predicted octanol–water partition coefficient (Wildman–Crippen LogP) is 3.05. The van der Waals surface area contributed by atoms with Gasteiger partial charge in [-0.3, -0.25) is 4.79 Å². The first-order chi connectivity index (χ1) is 8.25. The molecule has 3 nitrogen and oxygen atoms in total. The van der Waals surface area contributed by atoms with Gasteiger partial charge in [-0.2, -0.15) is 0 Å². The summed E-state index contributed by atoms with van der Waals surface area (Å²) >= 11 is 11.8. The topological polar surface area (TPSA) is 46.3 Å². The Morgan fingerprint density at radius 3 is 2.22 bits per heavy atom. The van der Waals surface area contributed by atoms with E-state index < -0.39 is 0 Å². The molecule has 0 radical (unpaired) electrons. The van der Waals surface area contributed by atoms with Crippen LogP contribution in [-0.4, -0.2) is 30.9 Å². The highest BCUT2D eigenvalue weighted by atomic mass is 35.5. The molecule has 0 aliphatic heterocycles. The van der Waals surface area contributed by atoms with Crippen LogP contribution in [0.4, 0.5) is 0 Å². The van der Waals surface area contributed by atoms with Gasteiger partial charge in [0.1, 0.15) is 0 Å². The van der Waals surface area contributed by atoms with Crippen LogP contribution in [0.5, 0.6) is 0 Å². The van der Waals surface area contributed by atoms with Crippen molar-refractivity contribution in [2.24, 2.45) is 11.1 Å². The lowest BCUT2D eigenvalue weighted by atomic mass is 9.93. The molecule has 2 N–H and O–H groups in total. The van der Waals surface area contributed by atoms with E-state index in [1.165, 1.54) is 0 Å². The highest BCUT2D eigenvalue weighted by molar-refractivity contribution is 6.35. The van der Waals surface area contributed by atoms with Crippen LogP contribution in [0.15, 0.2) is 18.2 Å². The Morgan fingerprint density at radius 1 is 1.28 bits per heavy atom. The maximum Gasteiger partial charge on any atom is 0.253 e. The third-order valence-corrected chi connectivity index (χ3v) is 3.11. The second kappa shape index (κ2) is 5.91. The lowest BCUT2D eigenvalue weighted by Gasteiger charge is -2.29. The molecular formula is C13H18Cl2N2O. The average molecular weight is 289 g/mol. The number of hydrogen-bond acceptors (Lipinski definition) is 2. The van der Waals surface area contributed by atoms with E-state index in [0.29, 0.717) is 28.7 Å². The number of carbonyl (C=O) groups is 1. The highest BCUT2D eigenvalue weighted by Gasteiger charge is 2.22. The third-order valence-electron chi connectivity index (χ3n) is 2.67. The number of nitrogens with two attached hydrogens (primary N) is 1. The molecule has 100 valence electrons. The monoisotopic (exact) mass is 288 g/mol. The van der Waals surface area contributed by atoms with Gasteiger partial charge in [0.05, 0.1) is 0 Å². The maximum absolute atomic E-state index is 12.2. The first-order valence-electron chi connectivity index (χ1n) is 5.67. The SMILES string of the molecule is CN(CC(C)(C)CN)C(=O)c1cc(Cl)cc(Cl)c1. The van der Waals surface area contributed by atoms with Gasteiger partial charge in [-0.1, -0.05) is 37.0 Å². The molecule has 5 heteroatoms. The lowest BCUT2D eigenvalue weighted by Crippen LogP contribution is -2.39. The van der Waals surface area contributed by atoms with Crippen LogP contribution in [0.3, 0.4) is 0 Å². The van der Waals surface area contributed by atoms with Crippen molar-refractivity contribution in [2.75, 3.05) is 20.1 Å². The molecule has 0 heterocycles. The summed E-state index contributed by atoms with van der Waals surface area (Å²) in [7, 11) is 1.74. The molecule has 0 unspecified atom stereocenters. The summed E-state index contributed by atoms with van der Waals surface area (Å²) in [6.45, 7) is 5.12. The maximum atomic E-state index is 12.2. The van der Waals surface area contributed by atoms with Crippen molar-refractivity contribution in [1.82, 2.24) is 4.90 Å². The van der Waals surface area contributed by atoms with Crippen molar-refractivity contribution in [1.29, 1.82) is 0 Å². The van der Waals surface area contributed by atoms with Crippen LogP contribution in [-0.2, 0) is 0 Å². The molecule has 1 amide bonds. The summed E-state index contributed by atoms with van der Waals surface area (Å²) in [6.07, 6.45) is 0. The van der Waals surface area contributed by atoms with Crippen LogP contribution in [0.2, 0.25) is 10.0 Å². The van der Waals surface area contributed by atoms with Gasteiger partial charge in [-0.25, -0.2) is 0 Å². The number of rotatable bonds is 4. The Morgan fingerprint density at radius 2 is 1.78 bits per heavy atom. The van der Waals surface area contributed by atoms with E-state index in [2.05, 4.69) is 0 Å². The van der Waals surface area contributed by atoms with E-state index in [9.17, 15) is 4.79 Å². The van der Waals surface area contributed by atoms with Crippen LogP contribution in [0, 0.1) is 5.41 Å². The van der Waals surface area contributed by atoms with E-state index in [0.717, 1.165) is 0 Å². The quantitative estimate of drug-likeness (QED) is 0.926. The molecule has 1 aromatic rings. The summed E-state index contributed by atoms with van der Waals surface area (Å²) in [5.74, 6) is -0.110. The molecular weight excluding hydrogens is 271 g/mol. The van der Waals surface area contributed by atoms with Crippen molar-refractivity contribution < 1.29 is 4.79 Å². The molecule has 0 atom stereocenters. The fourth-order valence-corrected chi connectivity index (χ4v) is 2.20. The van der Waals surface area contributed by atoms with Crippen molar-refractivity contribution >= 4 is 29.1 Å². The van der Waals surface area contributed by atoms with Gasteiger partial charge < -0.3 is 10.6 Å². The van der Waals surface area contributed by atoms with Crippen LogP contribution in [0.1, 0.15) is 24.2 Å². The molecule has 0 saturated heterocycles. The average Bonchev–Trinajstić information content (AvgIpc) is 2.26. The van der Waals surface area contributed by atoms with Crippen LogP contribution >= 0.6 is 23.2 Å². The Labute approximate surface area is 118 Å². The molecule has 0 aliphatic carbocycles. The molecule has 18 heavy (non-hydrogen) atoms. The fourth-order valence-electron chi connectivity index (χ4n) is 1.68. The van der Waals surface area contributed by atoms with E-state index in [4.69, 9.17) is 28.9 Å². The van der Waals surface area contributed by atoms with Crippen molar-refractivity contribution in [3.05, 3.63) is 33.8 Å². The lowest BCUT2D eigenvalue weighted by molar-refractivity contribution is 0.0740. The van der Waals surface area contributed by atoms with Crippen LogP contribution < -0.4 is 5.73 Å². The zero-order valence-corrected chi connectivity index (χ0v) is 12.3. The van der Waals surface area contributed by atoms with Crippen molar-refractivity contribution in [3.8, 4) is 0 Å². The summed E-state index contributed by atoms with van der Waals surface area (Å²) < 4.78 is 0. The van der Waals surface area contributed by atoms with Crippen molar-refractivity contribution in [2.45, 2.75) is 13.8 Å². The smallest absolute Gasteiger partial charge is 0.253 e. The molecule has 0 fully saturated rings. The van der Waals surface area contributed by atoms with Gasteiger partial charge in [-0.15, -0.1) is 0 Å². The Kier molecular flexibility index (Phi) is 5.02. The molecule has 0 saturated carbocycles. The minimum absolute atomic E-state index is 0.110. The Bertz CT molecular complexity index is 426. The molecule has 1 rings (SSSR count). The second-order valence-corrected chi connectivity index (χ2v) is 6.06. The summed E-state index contributed by atoms with van der Waals surface area (Å²) in [4.78, 5) is 13.8. The standard InChI is InChI=1S/C13H18Cl2N2O/c1-13(2,7-16)8-17(3)12(18)9-4-10(14)6-11(15)5-9/h4-6H,7-8,16H2,1-3H3. The molecule has 0 aliphatic rings. The first kappa shape index (κ1) is 15.3. The zero-order chi connectivity index (χ0) is 13.9. The minimum atomic E-state index is -0.118. The second-order valence-electron chi connectivity index (χ2n) is 5.19. The predicted molar refractivity (Wildman–Crippen MR) is 76.3 cm³/mol. The summed E-state index contributed by atoms with van der Waals surface area (Å²) in [5, 5.41) is 0.912. The molecule has 0 spiro atoms. The van der Waals surface area contributed by atoms with Gasteiger partial charge in [0.2, 0.25) is 0 Å². The van der Waals surface area contributed by atoms with Crippen LogP contribution in [0.25, 0.3) is 0 Å². The molecule has 1 aromatic carbocycles. The summed E-state index contributed by atoms with van der Waals surface area (Å²) in [5.41, 5.74) is 6.03. The molecule has 0 bridgehead atoms. The van der Waals surface area contributed by atoms with E-state index in [1.807, 2.05) is 13.8 Å². The zero-order valence-electron chi connectivity index (χ0n) is 10.8. The number of nitrogens with zero attached hydrogens (tertiary/aromatic N) is 1. The van der Waals surface area contributed by atoms with Gasteiger partial charge >= 0.3 is 0 Å². The first-order valence-corrected chi connectivity index (χ1v) is 6.42. The van der Waals surface area contributed by atoms with Gasteiger partial charge in [0.25, 0.3) is 5.91 Å². The number of carbonyl (C=O) groups excluding carboxylic acids is 1. The van der Waals surface area contributed by atoms with Gasteiger partial charge in [0, 0.05) is 29.2 Å². The highest BCUT2D eigenvalue weighted by Crippen LogP contribution is 2.21. The van der Waals surface area contributed by atoms with E-state index in [-0.39, 0.29) is 11.3 Å². The number of halogens is 2. The van der Waals surface area contributed by atoms with Gasteiger partial charge in [-0.05, 0) is 30.2 Å². The Hall–Kier alpha value is -0.770. The number of amides is 1.